The Morgan fingerprint density at radius 1 is 1.12 bits per heavy atom. The number of nitriles is 1. The molecule has 2 N–H and O–H groups in total. The first-order valence-electron chi connectivity index (χ1n) is 7.24. The first kappa shape index (κ1) is 17.2. The van der Waals surface area contributed by atoms with Crippen molar-refractivity contribution in [2.45, 2.75) is 6.42 Å². The normalized spacial score (nSPS) is 10.8. The van der Waals surface area contributed by atoms with Crippen molar-refractivity contribution in [2.75, 3.05) is 11.9 Å². The molecule has 0 saturated heterocycles. The van der Waals surface area contributed by atoms with E-state index >= 15 is 0 Å². The van der Waals surface area contributed by atoms with Crippen LogP contribution in [-0.2, 0) is 11.2 Å². The van der Waals surface area contributed by atoms with E-state index in [2.05, 4.69) is 10.6 Å². The third-order valence-electron chi connectivity index (χ3n) is 3.21. The fraction of sp³-hybridized carbons (Fsp3) is 0.111. The van der Waals surface area contributed by atoms with Gasteiger partial charge < -0.3 is 10.6 Å². The molecule has 122 valence electrons. The molecule has 4 nitrogen and oxygen atoms in total. The van der Waals surface area contributed by atoms with Gasteiger partial charge in [0.05, 0.1) is 0 Å². The molecule has 0 aromatic heterocycles. The minimum Gasteiger partial charge on any atom is -0.389 e. The third-order valence-corrected chi connectivity index (χ3v) is 3.21. The summed E-state index contributed by atoms with van der Waals surface area (Å²) >= 11 is 0. The van der Waals surface area contributed by atoms with Crippen molar-refractivity contribution in [1.82, 2.24) is 5.32 Å². The minimum absolute atomic E-state index is 0.132. The quantitative estimate of drug-likeness (QED) is 0.487. The first-order valence-corrected chi connectivity index (χ1v) is 7.24. The van der Waals surface area contributed by atoms with Gasteiger partial charge >= 0.3 is 0 Å². The van der Waals surface area contributed by atoms with Gasteiger partial charge in [0.1, 0.15) is 23.3 Å². The predicted octanol–water partition coefficient (Wildman–Crippen LogP) is 3.14. The molecular formula is C18H15F2N3O. The molecule has 0 saturated carbocycles. The molecule has 2 aromatic rings. The highest BCUT2D eigenvalue weighted by Gasteiger charge is 2.09. The van der Waals surface area contributed by atoms with Gasteiger partial charge in [-0.25, -0.2) is 8.78 Å². The lowest BCUT2D eigenvalue weighted by Crippen LogP contribution is -2.18. The Bertz CT molecular complexity index is 780. The van der Waals surface area contributed by atoms with Gasteiger partial charge in [0.15, 0.2) is 0 Å². The van der Waals surface area contributed by atoms with Gasteiger partial charge in [-0.05, 0) is 42.3 Å². The lowest BCUT2D eigenvalue weighted by atomic mass is 10.1. The number of benzene rings is 2. The molecule has 0 fully saturated rings. The summed E-state index contributed by atoms with van der Waals surface area (Å²) in [6.45, 7) is 0.371. The van der Waals surface area contributed by atoms with E-state index in [1.54, 1.807) is 24.3 Å². The van der Waals surface area contributed by atoms with E-state index in [4.69, 9.17) is 5.26 Å². The van der Waals surface area contributed by atoms with Crippen LogP contribution in [0, 0.1) is 23.0 Å². The van der Waals surface area contributed by atoms with Crippen molar-refractivity contribution in [1.29, 1.82) is 5.26 Å². The van der Waals surface area contributed by atoms with Crippen molar-refractivity contribution in [3.05, 3.63) is 77.5 Å². The second kappa shape index (κ2) is 8.44. The number of hydrogen-bond acceptors (Lipinski definition) is 3. The maximum absolute atomic E-state index is 13.5. The van der Waals surface area contributed by atoms with Crippen LogP contribution in [-0.4, -0.2) is 12.5 Å². The molecule has 0 bridgehead atoms. The van der Waals surface area contributed by atoms with Crippen LogP contribution < -0.4 is 10.6 Å². The van der Waals surface area contributed by atoms with Crippen molar-refractivity contribution in [3.63, 3.8) is 0 Å². The Labute approximate surface area is 138 Å². The average molecular weight is 327 g/mol. The molecule has 0 atom stereocenters. The first-order chi connectivity index (χ1) is 11.6. The average Bonchev–Trinajstić information content (AvgIpc) is 2.58. The highest BCUT2D eigenvalue weighted by atomic mass is 19.1. The van der Waals surface area contributed by atoms with Crippen molar-refractivity contribution < 1.29 is 13.6 Å². The van der Waals surface area contributed by atoms with E-state index in [1.807, 2.05) is 0 Å². The molecule has 2 rings (SSSR count). The maximum Gasteiger partial charge on any atom is 0.267 e. The smallest absolute Gasteiger partial charge is 0.267 e. The summed E-state index contributed by atoms with van der Waals surface area (Å²) in [4.78, 5) is 12.0. The molecule has 0 heterocycles. The Hall–Kier alpha value is -3.20. The molecule has 0 aliphatic carbocycles. The number of carbonyl (C=O) groups excluding carboxylic acids is 1. The van der Waals surface area contributed by atoms with E-state index in [-0.39, 0.29) is 11.4 Å². The van der Waals surface area contributed by atoms with Crippen LogP contribution in [0.5, 0.6) is 0 Å². The van der Waals surface area contributed by atoms with Crippen LogP contribution in [0.15, 0.2) is 60.3 Å². The minimum atomic E-state index is -0.609. The molecule has 1 amide bonds. The van der Waals surface area contributed by atoms with E-state index in [0.717, 1.165) is 0 Å². The van der Waals surface area contributed by atoms with E-state index in [0.29, 0.717) is 24.2 Å². The molecular weight excluding hydrogens is 312 g/mol. The fourth-order valence-corrected chi connectivity index (χ4v) is 1.96. The molecule has 0 aliphatic rings. The lowest BCUT2D eigenvalue weighted by molar-refractivity contribution is -0.112. The summed E-state index contributed by atoms with van der Waals surface area (Å²) in [7, 11) is 0. The molecule has 0 aliphatic heterocycles. The van der Waals surface area contributed by atoms with Crippen molar-refractivity contribution in [2.24, 2.45) is 0 Å². The Morgan fingerprint density at radius 3 is 2.50 bits per heavy atom. The number of nitrogens with zero attached hydrogens (tertiary/aromatic N) is 1. The number of anilines is 1. The van der Waals surface area contributed by atoms with Crippen LogP contribution in [0.2, 0.25) is 0 Å². The van der Waals surface area contributed by atoms with Crippen LogP contribution in [0.3, 0.4) is 0 Å². The van der Waals surface area contributed by atoms with Crippen LogP contribution in [0.1, 0.15) is 5.56 Å². The maximum atomic E-state index is 13.5. The largest absolute Gasteiger partial charge is 0.389 e. The second-order valence-electron chi connectivity index (χ2n) is 4.93. The van der Waals surface area contributed by atoms with Gasteiger partial charge in [0.25, 0.3) is 5.91 Å². The fourth-order valence-electron chi connectivity index (χ4n) is 1.96. The zero-order chi connectivity index (χ0) is 17.4. The zero-order valence-electron chi connectivity index (χ0n) is 12.7. The molecule has 24 heavy (non-hydrogen) atoms. The summed E-state index contributed by atoms with van der Waals surface area (Å²) < 4.78 is 26.3. The van der Waals surface area contributed by atoms with Gasteiger partial charge in [0.2, 0.25) is 0 Å². The number of halogens is 2. The van der Waals surface area contributed by atoms with Crippen molar-refractivity contribution >= 4 is 11.6 Å². The topological polar surface area (TPSA) is 64.9 Å². The highest BCUT2D eigenvalue weighted by molar-refractivity contribution is 6.06. The number of nitrogens with one attached hydrogen (secondary N) is 2. The van der Waals surface area contributed by atoms with Crippen molar-refractivity contribution in [3.8, 4) is 6.07 Å². The molecule has 0 unspecified atom stereocenters. The summed E-state index contributed by atoms with van der Waals surface area (Å²) in [6, 6.07) is 13.4. The number of rotatable bonds is 6. The summed E-state index contributed by atoms with van der Waals surface area (Å²) in [5.74, 6) is -1.32. The number of hydrogen-bond donors (Lipinski definition) is 2. The van der Waals surface area contributed by atoms with Gasteiger partial charge in [-0.15, -0.1) is 0 Å². The zero-order valence-corrected chi connectivity index (χ0v) is 12.7. The lowest BCUT2D eigenvalue weighted by Gasteiger charge is -2.06. The monoisotopic (exact) mass is 327 g/mol. The SMILES string of the molecule is N#C/C(=C/NCCc1ccccc1F)C(=O)Nc1ccc(F)cc1. The van der Waals surface area contributed by atoms with E-state index in [1.165, 1.54) is 36.5 Å². The summed E-state index contributed by atoms with van der Waals surface area (Å²) in [6.07, 6.45) is 1.70. The Balaban J connectivity index is 1.89. The molecule has 6 heteroatoms. The number of carbonyl (C=O) groups is 1. The van der Waals surface area contributed by atoms with E-state index < -0.39 is 11.7 Å². The van der Waals surface area contributed by atoms with Gasteiger partial charge in [0, 0.05) is 18.4 Å². The van der Waals surface area contributed by atoms with Gasteiger partial charge in [-0.3, -0.25) is 4.79 Å². The molecule has 0 spiro atoms. The second-order valence-corrected chi connectivity index (χ2v) is 4.93. The van der Waals surface area contributed by atoms with Gasteiger partial charge in [-0.1, -0.05) is 18.2 Å². The summed E-state index contributed by atoms with van der Waals surface area (Å²) in [5, 5.41) is 14.3. The van der Waals surface area contributed by atoms with Gasteiger partial charge in [-0.2, -0.15) is 5.26 Å². The predicted molar refractivity (Wildman–Crippen MR) is 86.8 cm³/mol. The highest BCUT2D eigenvalue weighted by Crippen LogP contribution is 2.10. The Morgan fingerprint density at radius 2 is 1.83 bits per heavy atom. The summed E-state index contributed by atoms with van der Waals surface area (Å²) in [5.41, 5.74) is 0.800. The van der Waals surface area contributed by atoms with Crippen LogP contribution in [0.25, 0.3) is 0 Å². The molecule has 0 radical (unpaired) electrons. The number of amides is 1. The Kier molecular flexibility index (Phi) is 6.03. The third kappa shape index (κ3) is 4.92. The van der Waals surface area contributed by atoms with E-state index in [9.17, 15) is 13.6 Å². The molecule has 2 aromatic carbocycles. The van der Waals surface area contributed by atoms with Crippen LogP contribution in [0.4, 0.5) is 14.5 Å². The standard InChI is InChI=1S/C18H15F2N3O/c19-15-5-7-16(8-6-15)23-18(24)14(11-21)12-22-10-9-13-3-1-2-4-17(13)20/h1-8,12,22H,9-10H2,(H,23,24)/b14-12-. The van der Waals surface area contributed by atoms with Crippen LogP contribution >= 0.6 is 0 Å².